The summed E-state index contributed by atoms with van der Waals surface area (Å²) < 4.78 is 40.7. The Morgan fingerprint density at radius 1 is 1.26 bits per heavy atom. The second-order valence-corrected chi connectivity index (χ2v) is 4.05. The molecule has 1 N–H and O–H groups in total. The zero-order valence-electron chi connectivity index (χ0n) is 10.3. The molecule has 2 aromatic rings. The fourth-order valence-corrected chi connectivity index (χ4v) is 1.60. The van der Waals surface area contributed by atoms with E-state index in [2.05, 4.69) is 15.6 Å². The molecule has 0 aliphatic rings. The highest BCUT2D eigenvalue weighted by atomic mass is 19.2. The molecular formula is C12H13F3N4. The van der Waals surface area contributed by atoms with Crippen molar-refractivity contribution in [3.8, 4) is 5.69 Å². The van der Waals surface area contributed by atoms with Gasteiger partial charge in [-0.15, -0.1) is 5.10 Å². The van der Waals surface area contributed by atoms with Gasteiger partial charge in [-0.25, -0.2) is 17.9 Å². The van der Waals surface area contributed by atoms with Gasteiger partial charge < -0.3 is 5.32 Å². The van der Waals surface area contributed by atoms with Crippen molar-refractivity contribution in [3.63, 3.8) is 0 Å². The van der Waals surface area contributed by atoms with Gasteiger partial charge in [-0.1, -0.05) is 12.1 Å². The molecule has 1 heterocycles. The number of halogens is 3. The predicted octanol–water partition coefficient (Wildman–Crippen LogP) is 2.18. The Kier molecular flexibility index (Phi) is 4.16. The van der Waals surface area contributed by atoms with Crippen molar-refractivity contribution in [2.75, 3.05) is 6.54 Å². The summed E-state index contributed by atoms with van der Waals surface area (Å²) in [7, 11) is 0. The molecule has 0 aliphatic carbocycles. The maximum absolute atomic E-state index is 13.5. The van der Waals surface area contributed by atoms with Gasteiger partial charge in [-0.3, -0.25) is 0 Å². The number of nitrogens with one attached hydrogen (secondary N) is 1. The molecule has 102 valence electrons. The molecule has 4 nitrogen and oxygen atoms in total. The molecule has 2 rings (SSSR count). The topological polar surface area (TPSA) is 42.7 Å². The Labute approximate surface area is 108 Å². The highest BCUT2D eigenvalue weighted by Gasteiger charge is 2.14. The first-order valence-corrected chi connectivity index (χ1v) is 5.88. The summed E-state index contributed by atoms with van der Waals surface area (Å²) >= 11 is 0. The lowest BCUT2D eigenvalue weighted by molar-refractivity contribution is 0.487. The summed E-state index contributed by atoms with van der Waals surface area (Å²) in [6.07, 6.45) is 2.40. The van der Waals surface area contributed by atoms with E-state index in [9.17, 15) is 13.2 Å². The van der Waals surface area contributed by atoms with E-state index in [4.69, 9.17) is 0 Å². The molecule has 0 saturated carbocycles. The minimum absolute atomic E-state index is 0.299. The van der Waals surface area contributed by atoms with Gasteiger partial charge in [-0.2, -0.15) is 0 Å². The molecule has 7 heteroatoms. The number of rotatable bonds is 5. The molecule has 0 saturated heterocycles. The van der Waals surface area contributed by atoms with Gasteiger partial charge in [0.25, 0.3) is 0 Å². The van der Waals surface area contributed by atoms with Crippen LogP contribution >= 0.6 is 0 Å². The lowest BCUT2D eigenvalue weighted by Gasteiger charge is -2.03. The van der Waals surface area contributed by atoms with Crippen LogP contribution in [0, 0.1) is 17.5 Å². The molecule has 1 aromatic carbocycles. The highest BCUT2D eigenvalue weighted by molar-refractivity contribution is 5.33. The Balaban J connectivity index is 2.23. The SMILES string of the molecule is CCCNCc1cn(-c2cc(F)cc(F)c2F)nn1. The maximum atomic E-state index is 13.5. The van der Waals surface area contributed by atoms with Crippen molar-refractivity contribution in [3.05, 3.63) is 41.5 Å². The summed E-state index contributed by atoms with van der Waals surface area (Å²) in [5.41, 5.74) is 0.268. The van der Waals surface area contributed by atoms with Gasteiger partial charge in [0.15, 0.2) is 11.6 Å². The average molecular weight is 270 g/mol. The zero-order chi connectivity index (χ0) is 13.8. The van der Waals surface area contributed by atoms with Crippen molar-refractivity contribution < 1.29 is 13.2 Å². The van der Waals surface area contributed by atoms with Crippen LogP contribution < -0.4 is 5.32 Å². The average Bonchev–Trinajstić information content (AvgIpc) is 2.83. The Morgan fingerprint density at radius 2 is 2.05 bits per heavy atom. The number of aromatic nitrogens is 3. The van der Waals surface area contributed by atoms with Crippen LogP contribution in [0.4, 0.5) is 13.2 Å². The largest absolute Gasteiger partial charge is 0.311 e. The lowest BCUT2D eigenvalue weighted by atomic mass is 10.3. The van der Waals surface area contributed by atoms with E-state index in [1.165, 1.54) is 6.20 Å². The van der Waals surface area contributed by atoms with Crippen molar-refractivity contribution in [1.29, 1.82) is 0 Å². The molecule has 0 atom stereocenters. The van der Waals surface area contributed by atoms with Crippen LogP contribution in [-0.4, -0.2) is 21.5 Å². The predicted molar refractivity (Wildman–Crippen MR) is 63.2 cm³/mol. The van der Waals surface area contributed by atoms with Crippen LogP contribution in [0.15, 0.2) is 18.3 Å². The van der Waals surface area contributed by atoms with Gasteiger partial charge in [-0.05, 0) is 13.0 Å². The van der Waals surface area contributed by atoms with Gasteiger partial charge in [0.05, 0.1) is 11.9 Å². The van der Waals surface area contributed by atoms with Gasteiger partial charge in [0.1, 0.15) is 11.5 Å². The number of hydrogen-bond acceptors (Lipinski definition) is 3. The van der Waals surface area contributed by atoms with Crippen LogP contribution in [0.3, 0.4) is 0 Å². The van der Waals surface area contributed by atoms with E-state index in [1.54, 1.807) is 0 Å². The molecule has 0 radical (unpaired) electrons. The minimum Gasteiger partial charge on any atom is -0.311 e. The minimum atomic E-state index is -1.25. The van der Waals surface area contributed by atoms with Crippen molar-refractivity contribution in [1.82, 2.24) is 20.3 Å². The second-order valence-electron chi connectivity index (χ2n) is 4.05. The van der Waals surface area contributed by atoms with Gasteiger partial charge in [0, 0.05) is 18.7 Å². The molecule has 0 bridgehead atoms. The van der Waals surface area contributed by atoms with Crippen LogP contribution in [-0.2, 0) is 6.54 Å². The van der Waals surface area contributed by atoms with Crippen molar-refractivity contribution >= 4 is 0 Å². The first kappa shape index (κ1) is 13.5. The van der Waals surface area contributed by atoms with E-state index >= 15 is 0 Å². The van der Waals surface area contributed by atoms with Gasteiger partial charge in [0.2, 0.25) is 0 Å². The number of nitrogens with zero attached hydrogens (tertiary/aromatic N) is 3. The summed E-state index contributed by atoms with van der Waals surface area (Å²) in [5.74, 6) is -3.27. The van der Waals surface area contributed by atoms with E-state index in [1.807, 2.05) is 6.92 Å². The number of hydrogen-bond donors (Lipinski definition) is 1. The first-order valence-electron chi connectivity index (χ1n) is 5.88. The Bertz CT molecular complexity index is 568. The third-order valence-corrected chi connectivity index (χ3v) is 2.49. The molecular weight excluding hydrogens is 257 g/mol. The third-order valence-electron chi connectivity index (χ3n) is 2.49. The van der Waals surface area contributed by atoms with Crippen LogP contribution in [0.1, 0.15) is 19.0 Å². The highest BCUT2D eigenvalue weighted by Crippen LogP contribution is 2.17. The standard InChI is InChI=1S/C12H13F3N4/c1-2-3-16-6-9-7-19(18-17-9)11-5-8(13)4-10(14)12(11)15/h4-5,7,16H,2-3,6H2,1H3. The molecule has 0 fully saturated rings. The van der Waals surface area contributed by atoms with E-state index in [0.29, 0.717) is 18.3 Å². The summed E-state index contributed by atoms with van der Waals surface area (Å²) in [5, 5.41) is 10.6. The fraction of sp³-hybridized carbons (Fsp3) is 0.333. The Morgan fingerprint density at radius 3 is 2.79 bits per heavy atom. The monoisotopic (exact) mass is 270 g/mol. The van der Waals surface area contributed by atoms with E-state index in [0.717, 1.165) is 23.7 Å². The smallest absolute Gasteiger partial charge is 0.184 e. The number of benzene rings is 1. The molecule has 0 aliphatic heterocycles. The maximum Gasteiger partial charge on any atom is 0.184 e. The Hall–Kier alpha value is -1.89. The van der Waals surface area contributed by atoms with E-state index < -0.39 is 17.5 Å². The third kappa shape index (κ3) is 3.11. The van der Waals surface area contributed by atoms with E-state index in [-0.39, 0.29) is 5.69 Å². The fourth-order valence-electron chi connectivity index (χ4n) is 1.60. The molecule has 0 spiro atoms. The second kappa shape index (κ2) is 5.83. The van der Waals surface area contributed by atoms with Gasteiger partial charge >= 0.3 is 0 Å². The van der Waals surface area contributed by atoms with Crippen LogP contribution in [0.25, 0.3) is 5.69 Å². The first-order chi connectivity index (χ1) is 9.11. The molecule has 19 heavy (non-hydrogen) atoms. The lowest BCUT2D eigenvalue weighted by Crippen LogP contribution is -2.13. The quantitative estimate of drug-likeness (QED) is 0.669. The molecule has 0 amide bonds. The summed E-state index contributed by atoms with van der Waals surface area (Å²) in [6.45, 7) is 3.30. The molecule has 1 aromatic heterocycles. The summed E-state index contributed by atoms with van der Waals surface area (Å²) in [4.78, 5) is 0. The van der Waals surface area contributed by atoms with Crippen molar-refractivity contribution in [2.45, 2.75) is 19.9 Å². The van der Waals surface area contributed by atoms with Crippen LogP contribution in [0.5, 0.6) is 0 Å². The van der Waals surface area contributed by atoms with Crippen LogP contribution in [0.2, 0.25) is 0 Å². The normalized spacial score (nSPS) is 10.9. The summed E-state index contributed by atoms with van der Waals surface area (Å²) in [6, 6.07) is 1.36. The zero-order valence-corrected chi connectivity index (χ0v) is 10.3. The van der Waals surface area contributed by atoms with Crippen molar-refractivity contribution in [2.24, 2.45) is 0 Å². The molecule has 0 unspecified atom stereocenters.